The van der Waals surface area contributed by atoms with E-state index < -0.39 is 10.0 Å². The van der Waals surface area contributed by atoms with Crippen LogP contribution in [0.25, 0.3) is 0 Å². The number of morpholine rings is 1. The number of hydrazine groups is 1. The summed E-state index contributed by atoms with van der Waals surface area (Å²) in [7, 11) is -3.64. The van der Waals surface area contributed by atoms with Crippen molar-refractivity contribution < 1.29 is 13.2 Å². The molecular weight excluding hydrogens is 304 g/mol. The Bertz CT molecular complexity index is 585. The Kier molecular flexibility index (Phi) is 4.50. The van der Waals surface area contributed by atoms with E-state index in [-0.39, 0.29) is 27.9 Å². The molecule has 0 bridgehead atoms. The lowest BCUT2D eigenvalue weighted by atomic mass is 10.3. The van der Waals surface area contributed by atoms with Gasteiger partial charge in [0.2, 0.25) is 10.0 Å². The lowest BCUT2D eigenvalue weighted by Gasteiger charge is -2.34. The van der Waals surface area contributed by atoms with Crippen LogP contribution in [0.2, 0.25) is 5.02 Å². The highest BCUT2D eigenvalue weighted by molar-refractivity contribution is 7.89. The maximum absolute atomic E-state index is 12.6. The predicted octanol–water partition coefficient (Wildman–Crippen LogP) is 0.819. The number of hydrogen-bond donors (Lipinski definition) is 2. The lowest BCUT2D eigenvalue weighted by molar-refractivity contribution is -0.0440. The molecule has 1 aromatic heterocycles. The second-order valence-corrected chi connectivity index (χ2v) is 7.07. The van der Waals surface area contributed by atoms with Crippen LogP contribution in [0, 0.1) is 0 Å². The number of pyridine rings is 1. The summed E-state index contributed by atoms with van der Waals surface area (Å²) in [4.78, 5) is 3.94. The fraction of sp³-hybridized carbons (Fsp3) is 0.545. The number of aromatic nitrogens is 1. The molecular formula is C11H17ClN4O3S. The highest BCUT2D eigenvalue weighted by Gasteiger charge is 2.32. The van der Waals surface area contributed by atoms with E-state index in [0.717, 1.165) is 0 Å². The average Bonchev–Trinajstić information content (AvgIpc) is 2.37. The van der Waals surface area contributed by atoms with Crippen molar-refractivity contribution in [1.82, 2.24) is 9.29 Å². The van der Waals surface area contributed by atoms with E-state index in [1.54, 1.807) is 0 Å². The number of sulfonamides is 1. The van der Waals surface area contributed by atoms with Gasteiger partial charge in [-0.3, -0.25) is 0 Å². The van der Waals surface area contributed by atoms with Gasteiger partial charge in [-0.25, -0.2) is 19.2 Å². The van der Waals surface area contributed by atoms with Gasteiger partial charge in [-0.1, -0.05) is 11.6 Å². The molecule has 0 saturated carbocycles. The molecule has 2 atom stereocenters. The zero-order valence-corrected chi connectivity index (χ0v) is 12.8. The summed E-state index contributed by atoms with van der Waals surface area (Å²) in [6.45, 7) is 4.29. The molecule has 1 aromatic rings. The van der Waals surface area contributed by atoms with E-state index in [2.05, 4.69) is 10.4 Å². The molecule has 0 aromatic carbocycles. The summed E-state index contributed by atoms with van der Waals surface area (Å²) < 4.78 is 32.0. The van der Waals surface area contributed by atoms with E-state index in [1.165, 1.54) is 16.6 Å². The first-order chi connectivity index (χ1) is 9.34. The molecule has 0 aliphatic carbocycles. The number of anilines is 1. The molecule has 20 heavy (non-hydrogen) atoms. The Morgan fingerprint density at radius 3 is 2.55 bits per heavy atom. The van der Waals surface area contributed by atoms with Crippen LogP contribution in [-0.2, 0) is 14.8 Å². The Morgan fingerprint density at radius 1 is 1.45 bits per heavy atom. The fourth-order valence-electron chi connectivity index (χ4n) is 2.14. The first-order valence-corrected chi connectivity index (χ1v) is 7.94. The van der Waals surface area contributed by atoms with Gasteiger partial charge in [-0.2, -0.15) is 4.31 Å². The van der Waals surface area contributed by atoms with Gasteiger partial charge in [0.1, 0.15) is 4.90 Å². The lowest BCUT2D eigenvalue weighted by Crippen LogP contribution is -2.48. The Hall–Kier alpha value is -0.930. The Labute approximate surface area is 123 Å². The largest absolute Gasteiger partial charge is 0.373 e. The number of rotatable bonds is 3. The molecule has 1 saturated heterocycles. The van der Waals surface area contributed by atoms with Crippen molar-refractivity contribution in [3.05, 3.63) is 17.3 Å². The molecule has 9 heteroatoms. The van der Waals surface area contributed by atoms with Crippen LogP contribution in [-0.4, -0.2) is 43.0 Å². The SMILES string of the molecule is CC1CN(S(=O)(=O)c2cnc(NN)c(Cl)c2)CC(C)O1. The average molecular weight is 321 g/mol. The number of hydrogen-bond acceptors (Lipinski definition) is 6. The highest BCUT2D eigenvalue weighted by atomic mass is 35.5. The van der Waals surface area contributed by atoms with Crippen LogP contribution in [0.1, 0.15) is 13.8 Å². The van der Waals surface area contributed by atoms with Crippen molar-refractivity contribution in [2.24, 2.45) is 5.84 Å². The van der Waals surface area contributed by atoms with Gasteiger partial charge >= 0.3 is 0 Å². The van der Waals surface area contributed by atoms with Crippen LogP contribution in [0.4, 0.5) is 5.82 Å². The summed E-state index contributed by atoms with van der Waals surface area (Å²) in [6.07, 6.45) is 0.935. The third-order valence-electron chi connectivity index (χ3n) is 2.98. The van der Waals surface area contributed by atoms with Crippen LogP contribution in [0.3, 0.4) is 0 Å². The summed E-state index contributed by atoms with van der Waals surface area (Å²) in [5.74, 6) is 5.45. The second kappa shape index (κ2) is 5.82. The summed E-state index contributed by atoms with van der Waals surface area (Å²) in [5, 5.41) is 0.155. The zero-order valence-electron chi connectivity index (χ0n) is 11.2. The number of nitrogen functional groups attached to an aromatic ring is 1. The molecule has 1 fully saturated rings. The van der Waals surface area contributed by atoms with Gasteiger partial charge in [0.15, 0.2) is 5.82 Å². The topological polar surface area (TPSA) is 97.6 Å². The number of nitrogens with two attached hydrogens (primary N) is 1. The third kappa shape index (κ3) is 3.04. The van der Waals surface area contributed by atoms with E-state index in [0.29, 0.717) is 13.1 Å². The zero-order chi connectivity index (χ0) is 14.9. The van der Waals surface area contributed by atoms with Crippen molar-refractivity contribution in [2.75, 3.05) is 18.5 Å². The second-order valence-electron chi connectivity index (χ2n) is 4.73. The number of halogens is 1. The monoisotopic (exact) mass is 320 g/mol. The Balaban J connectivity index is 2.32. The molecule has 2 rings (SSSR count). The normalized spacial score (nSPS) is 24.6. The minimum atomic E-state index is -3.64. The van der Waals surface area contributed by atoms with Crippen molar-refractivity contribution in [1.29, 1.82) is 0 Å². The first-order valence-electron chi connectivity index (χ1n) is 6.12. The van der Waals surface area contributed by atoms with Gasteiger partial charge in [-0.15, -0.1) is 0 Å². The number of ether oxygens (including phenoxy) is 1. The van der Waals surface area contributed by atoms with Gasteiger partial charge in [0, 0.05) is 19.3 Å². The molecule has 2 heterocycles. The fourth-order valence-corrected chi connectivity index (χ4v) is 3.99. The molecule has 0 amide bonds. The smallest absolute Gasteiger partial charge is 0.244 e. The van der Waals surface area contributed by atoms with E-state index in [9.17, 15) is 8.42 Å². The minimum Gasteiger partial charge on any atom is -0.373 e. The molecule has 1 aliphatic rings. The molecule has 0 radical (unpaired) electrons. The predicted molar refractivity (Wildman–Crippen MR) is 75.8 cm³/mol. The van der Waals surface area contributed by atoms with Crippen molar-refractivity contribution in [2.45, 2.75) is 31.0 Å². The summed E-state index contributed by atoms with van der Waals surface area (Å²) in [5.41, 5.74) is 2.30. The summed E-state index contributed by atoms with van der Waals surface area (Å²) >= 11 is 5.92. The van der Waals surface area contributed by atoms with Crippen LogP contribution < -0.4 is 11.3 Å². The van der Waals surface area contributed by atoms with E-state index >= 15 is 0 Å². The van der Waals surface area contributed by atoms with E-state index in [1.807, 2.05) is 13.8 Å². The van der Waals surface area contributed by atoms with Crippen LogP contribution in [0.15, 0.2) is 17.2 Å². The van der Waals surface area contributed by atoms with Crippen LogP contribution in [0.5, 0.6) is 0 Å². The Morgan fingerprint density at radius 2 is 2.05 bits per heavy atom. The van der Waals surface area contributed by atoms with Crippen molar-refractivity contribution in [3.8, 4) is 0 Å². The summed E-state index contributed by atoms with van der Waals surface area (Å²) in [6, 6.07) is 1.34. The third-order valence-corrected chi connectivity index (χ3v) is 5.06. The molecule has 1 aliphatic heterocycles. The number of nitrogens with one attached hydrogen (secondary N) is 1. The molecule has 0 spiro atoms. The minimum absolute atomic E-state index is 0.0443. The van der Waals surface area contributed by atoms with Crippen molar-refractivity contribution in [3.63, 3.8) is 0 Å². The number of nitrogens with zero attached hydrogens (tertiary/aromatic N) is 2. The van der Waals surface area contributed by atoms with Gasteiger partial charge in [0.25, 0.3) is 0 Å². The highest BCUT2D eigenvalue weighted by Crippen LogP contribution is 2.25. The van der Waals surface area contributed by atoms with Gasteiger partial charge in [-0.05, 0) is 19.9 Å². The van der Waals surface area contributed by atoms with Crippen LogP contribution >= 0.6 is 11.6 Å². The maximum atomic E-state index is 12.6. The molecule has 3 N–H and O–H groups in total. The molecule has 2 unspecified atom stereocenters. The van der Waals surface area contributed by atoms with E-state index in [4.69, 9.17) is 22.2 Å². The quantitative estimate of drug-likeness (QED) is 0.632. The first kappa shape index (κ1) is 15.5. The molecule has 112 valence electrons. The van der Waals surface area contributed by atoms with Crippen molar-refractivity contribution >= 4 is 27.4 Å². The maximum Gasteiger partial charge on any atom is 0.244 e. The standard InChI is InChI=1S/C11H17ClN4O3S/c1-7-5-16(6-8(2)19-7)20(17,18)9-3-10(12)11(15-13)14-4-9/h3-4,7-8H,5-6,13H2,1-2H3,(H,14,15). The van der Waals surface area contributed by atoms with Gasteiger partial charge in [0.05, 0.1) is 17.2 Å². The molecule has 7 nitrogen and oxygen atoms in total. The van der Waals surface area contributed by atoms with Gasteiger partial charge < -0.3 is 10.2 Å².